The standard InChI is InChI=1S/C35H30BrClN4O6S/c1-14-19-11-16(37)5-8-25(19)48-30(14)23-13-26(40(3)39-23)41-33(45)22-12-20-17(6-7-18-27(20)32(44)38-31(18)43)28(35(22,2)34(41)46)21-9-15(36)10-24(47-4)29(21)42/h5-6,8-11,13,18,20,22,27-28,42H,7,12H2,1-4H3,(H,38,43,44). The minimum absolute atomic E-state index is 0.150. The van der Waals surface area contributed by atoms with Gasteiger partial charge in [-0.3, -0.25) is 29.2 Å². The van der Waals surface area contributed by atoms with Crippen molar-refractivity contribution >= 4 is 78.4 Å². The van der Waals surface area contributed by atoms with Crippen LogP contribution in [0.2, 0.25) is 5.02 Å². The first kappa shape index (κ1) is 31.3. The van der Waals surface area contributed by atoms with Crippen molar-refractivity contribution in [3.63, 3.8) is 0 Å². The van der Waals surface area contributed by atoms with Gasteiger partial charge < -0.3 is 9.84 Å². The Labute approximate surface area is 292 Å². The highest BCUT2D eigenvalue weighted by Gasteiger charge is 2.67. The number of amides is 4. The Balaban J connectivity index is 1.28. The number of aromatic hydroxyl groups is 1. The average Bonchev–Trinajstić information content (AvgIpc) is 3.73. The number of nitrogens with one attached hydrogen (secondary N) is 1. The zero-order valence-electron chi connectivity index (χ0n) is 26.3. The number of thiophene rings is 1. The molecule has 6 unspecified atom stereocenters. The van der Waals surface area contributed by atoms with E-state index in [4.69, 9.17) is 21.4 Å². The lowest BCUT2D eigenvalue weighted by Gasteiger charge is -2.49. The highest BCUT2D eigenvalue weighted by Crippen LogP contribution is 2.64. The van der Waals surface area contributed by atoms with Gasteiger partial charge in [-0.15, -0.1) is 11.3 Å². The van der Waals surface area contributed by atoms with Crippen molar-refractivity contribution in [1.82, 2.24) is 15.1 Å². The number of rotatable bonds is 4. The third-order valence-corrected chi connectivity index (χ3v) is 12.9. The van der Waals surface area contributed by atoms with Crippen LogP contribution >= 0.6 is 38.9 Å². The summed E-state index contributed by atoms with van der Waals surface area (Å²) in [6, 6.07) is 10.8. The van der Waals surface area contributed by atoms with Crippen LogP contribution in [0.5, 0.6) is 11.5 Å². The number of allylic oxidation sites excluding steroid dienone is 2. The van der Waals surface area contributed by atoms with Gasteiger partial charge in [0.15, 0.2) is 11.5 Å². The Kier molecular flexibility index (Phi) is 7.01. The lowest BCUT2D eigenvalue weighted by molar-refractivity contribution is -0.131. The Hall–Kier alpha value is -4.00. The van der Waals surface area contributed by atoms with Crippen molar-refractivity contribution in [2.45, 2.75) is 32.6 Å². The number of phenols is 1. The van der Waals surface area contributed by atoms with Gasteiger partial charge in [0.2, 0.25) is 23.6 Å². The van der Waals surface area contributed by atoms with Crippen LogP contribution in [0.3, 0.4) is 0 Å². The van der Waals surface area contributed by atoms with E-state index < -0.39 is 46.8 Å². The fraction of sp³-hybridized carbons (Fsp3) is 0.343. The second-order valence-corrected chi connectivity index (χ2v) is 15.7. The van der Waals surface area contributed by atoms with E-state index in [-0.39, 0.29) is 29.7 Å². The fourth-order valence-corrected chi connectivity index (χ4v) is 10.4. The number of carbonyl (C=O) groups is 4. The first-order chi connectivity index (χ1) is 22.8. The molecule has 0 bridgehead atoms. The Morgan fingerprint density at radius 3 is 2.65 bits per heavy atom. The molecule has 2 aromatic carbocycles. The summed E-state index contributed by atoms with van der Waals surface area (Å²) >= 11 is 11.4. The molecule has 2 aromatic heterocycles. The molecule has 246 valence electrons. The Morgan fingerprint density at radius 1 is 1.12 bits per heavy atom. The summed E-state index contributed by atoms with van der Waals surface area (Å²) in [6.45, 7) is 3.77. The minimum atomic E-state index is -1.34. The van der Waals surface area contributed by atoms with Crippen LogP contribution < -0.4 is 15.0 Å². The van der Waals surface area contributed by atoms with Crippen LogP contribution in [0.25, 0.3) is 20.7 Å². The lowest BCUT2D eigenvalue weighted by atomic mass is 9.51. The number of ether oxygens (including phenoxy) is 1. The number of phenolic OH excluding ortho intramolecular Hbond substituents is 1. The Bertz CT molecular complexity index is 2170. The highest BCUT2D eigenvalue weighted by molar-refractivity contribution is 9.10. The predicted molar refractivity (Wildman–Crippen MR) is 184 cm³/mol. The van der Waals surface area contributed by atoms with Crippen molar-refractivity contribution in [2.75, 3.05) is 12.0 Å². The molecule has 10 nitrogen and oxygen atoms in total. The van der Waals surface area contributed by atoms with Crippen LogP contribution in [0.4, 0.5) is 5.82 Å². The van der Waals surface area contributed by atoms with Crippen molar-refractivity contribution in [1.29, 1.82) is 0 Å². The van der Waals surface area contributed by atoms with Crippen LogP contribution in [0.15, 0.2) is 52.5 Å². The molecule has 4 heterocycles. The molecule has 2 saturated heterocycles. The SMILES string of the molecule is COc1cc(Br)cc(C2C3=CCC4C(=O)NC(=O)C4C3CC3C(=O)N(c4cc(-c5sc6ccc(Cl)cc6c5C)nn4C)C(=O)C32C)c1O. The van der Waals surface area contributed by atoms with E-state index in [0.717, 1.165) is 26.1 Å². The molecule has 2 N–H and O–H groups in total. The summed E-state index contributed by atoms with van der Waals surface area (Å²) in [4.78, 5) is 57.7. The van der Waals surface area contributed by atoms with Crippen molar-refractivity contribution in [3.8, 4) is 22.1 Å². The number of fused-ring (bicyclic) bond motifs is 5. The van der Waals surface area contributed by atoms with Crippen LogP contribution in [0.1, 0.15) is 36.8 Å². The van der Waals surface area contributed by atoms with E-state index in [1.807, 2.05) is 31.2 Å². The van der Waals surface area contributed by atoms with Gasteiger partial charge in [-0.25, -0.2) is 4.90 Å². The quantitative estimate of drug-likeness (QED) is 0.186. The molecule has 0 spiro atoms. The minimum Gasteiger partial charge on any atom is -0.504 e. The number of methoxy groups -OCH3 is 1. The number of nitrogens with zero attached hydrogens (tertiary/aromatic N) is 3. The smallest absolute Gasteiger partial charge is 0.242 e. The van der Waals surface area contributed by atoms with Gasteiger partial charge in [-0.1, -0.05) is 39.2 Å². The maximum absolute atomic E-state index is 14.9. The van der Waals surface area contributed by atoms with Crippen LogP contribution in [0, 0.1) is 36.0 Å². The van der Waals surface area contributed by atoms with E-state index >= 15 is 0 Å². The molecule has 3 fully saturated rings. The van der Waals surface area contributed by atoms with Gasteiger partial charge in [0.1, 0.15) is 11.5 Å². The number of halogens is 2. The molecule has 2 aliphatic heterocycles. The molecule has 13 heteroatoms. The van der Waals surface area contributed by atoms with E-state index in [2.05, 4.69) is 21.2 Å². The van der Waals surface area contributed by atoms with Gasteiger partial charge in [0.05, 0.1) is 35.2 Å². The molecule has 4 aromatic rings. The van der Waals surface area contributed by atoms with Gasteiger partial charge in [0, 0.05) is 38.8 Å². The fourth-order valence-electron chi connectivity index (χ4n) is 8.67. The van der Waals surface area contributed by atoms with Crippen LogP contribution in [-0.2, 0) is 26.2 Å². The first-order valence-electron chi connectivity index (χ1n) is 15.6. The van der Waals surface area contributed by atoms with Gasteiger partial charge >= 0.3 is 0 Å². The maximum Gasteiger partial charge on any atom is 0.242 e. The second-order valence-electron chi connectivity index (χ2n) is 13.3. The lowest BCUT2D eigenvalue weighted by Crippen LogP contribution is -2.48. The summed E-state index contributed by atoms with van der Waals surface area (Å²) in [7, 11) is 3.14. The third-order valence-electron chi connectivity index (χ3n) is 10.9. The zero-order chi connectivity index (χ0) is 34.0. The normalized spacial score (nSPS) is 28.0. The number of benzene rings is 2. The van der Waals surface area contributed by atoms with E-state index in [9.17, 15) is 24.3 Å². The second kappa shape index (κ2) is 10.8. The third kappa shape index (κ3) is 4.18. The summed E-state index contributed by atoms with van der Waals surface area (Å²) < 4.78 is 8.69. The molecule has 4 amide bonds. The number of hydrogen-bond donors (Lipinski definition) is 2. The van der Waals surface area contributed by atoms with E-state index in [0.29, 0.717) is 33.0 Å². The molecular formula is C35H30BrClN4O6S. The number of imide groups is 2. The molecule has 2 aliphatic carbocycles. The first-order valence-corrected chi connectivity index (χ1v) is 17.6. The summed E-state index contributed by atoms with van der Waals surface area (Å²) in [5.41, 5.74) is 1.44. The molecule has 8 rings (SSSR count). The molecule has 0 radical (unpaired) electrons. The summed E-state index contributed by atoms with van der Waals surface area (Å²) in [5, 5.41) is 20.4. The highest BCUT2D eigenvalue weighted by atomic mass is 79.9. The van der Waals surface area contributed by atoms with Crippen molar-refractivity contribution < 1.29 is 29.0 Å². The van der Waals surface area contributed by atoms with Crippen molar-refractivity contribution in [2.24, 2.45) is 36.1 Å². The average molecular weight is 750 g/mol. The van der Waals surface area contributed by atoms with Crippen molar-refractivity contribution in [3.05, 3.63) is 68.7 Å². The largest absolute Gasteiger partial charge is 0.504 e. The number of aryl methyl sites for hydroxylation is 2. The predicted octanol–water partition coefficient (Wildman–Crippen LogP) is 6.26. The van der Waals surface area contributed by atoms with Gasteiger partial charge in [0.25, 0.3) is 0 Å². The van der Waals surface area contributed by atoms with Crippen LogP contribution in [-0.4, -0.2) is 45.6 Å². The number of hydrogen-bond acceptors (Lipinski definition) is 8. The zero-order valence-corrected chi connectivity index (χ0v) is 29.5. The molecule has 1 saturated carbocycles. The molecule has 48 heavy (non-hydrogen) atoms. The van der Waals surface area contributed by atoms with E-state index in [1.165, 1.54) is 12.0 Å². The summed E-state index contributed by atoms with van der Waals surface area (Å²) in [5.74, 6) is -4.52. The number of carbonyl (C=O) groups excluding carboxylic acids is 4. The van der Waals surface area contributed by atoms with Gasteiger partial charge in [-0.05, 0) is 73.9 Å². The Morgan fingerprint density at radius 2 is 1.90 bits per heavy atom. The number of aromatic nitrogens is 2. The molecular weight excluding hydrogens is 720 g/mol. The number of anilines is 1. The molecule has 4 aliphatic rings. The summed E-state index contributed by atoms with van der Waals surface area (Å²) in [6.07, 6.45) is 2.45. The molecule has 6 atom stereocenters. The van der Waals surface area contributed by atoms with E-state index in [1.54, 1.807) is 48.2 Å². The topological polar surface area (TPSA) is 131 Å². The maximum atomic E-state index is 14.9. The monoisotopic (exact) mass is 748 g/mol. The van der Waals surface area contributed by atoms with Gasteiger partial charge in [-0.2, -0.15) is 5.10 Å².